The van der Waals surface area contributed by atoms with E-state index in [4.69, 9.17) is 0 Å². The van der Waals surface area contributed by atoms with Gasteiger partial charge in [0.2, 0.25) is 0 Å². The first-order chi connectivity index (χ1) is 6.95. The maximum Gasteiger partial charge on any atom is 2.00 e. The predicted molar refractivity (Wildman–Crippen MR) is 95.0 cm³/mol. The van der Waals surface area contributed by atoms with Crippen LogP contribution < -0.4 is 24.8 Å². The van der Waals surface area contributed by atoms with Crippen molar-refractivity contribution >= 4 is 8.19 Å². The first-order valence-electron chi connectivity index (χ1n) is 5.24. The molecule has 0 spiro atoms. The smallest absolute Gasteiger partial charge is 1.00 e. The van der Waals surface area contributed by atoms with Gasteiger partial charge < -0.3 is 54.5 Å². The molecule has 4 heteroatoms. The van der Waals surface area contributed by atoms with Crippen LogP contribution in [0.25, 0.3) is 0 Å². The van der Waals surface area contributed by atoms with Crippen LogP contribution in [0, 0.1) is 47.0 Å². The Bertz CT molecular complexity index is 363. The maximum absolute atomic E-state index is 3.44. The largest absolute Gasteiger partial charge is 2.00 e. The van der Waals surface area contributed by atoms with Crippen LogP contribution in [0.3, 0.4) is 0 Å². The zero-order valence-corrected chi connectivity index (χ0v) is 20.5. The summed E-state index contributed by atoms with van der Waals surface area (Å²) in [6, 6.07) is 3.96. The summed E-state index contributed by atoms with van der Waals surface area (Å²) in [4.78, 5) is 0. The molecule has 1 unspecified atom stereocenters. The van der Waals surface area contributed by atoms with Crippen molar-refractivity contribution in [2.75, 3.05) is 0 Å². The van der Waals surface area contributed by atoms with Crippen molar-refractivity contribution in [3.05, 3.63) is 76.2 Å². The molecule has 1 aromatic heterocycles. The second kappa shape index (κ2) is 19.8. The summed E-state index contributed by atoms with van der Waals surface area (Å²) in [5.74, 6) is 5.11. The fourth-order valence-electron chi connectivity index (χ4n) is 1.65. The summed E-state index contributed by atoms with van der Waals surface area (Å²) >= 11 is 0. The minimum atomic E-state index is 0. The van der Waals surface area contributed by atoms with Crippen molar-refractivity contribution in [1.82, 2.24) is 0 Å². The van der Waals surface area contributed by atoms with Gasteiger partial charge in [0.15, 0.2) is 0 Å². The molecule has 1 aliphatic rings. The van der Waals surface area contributed by atoms with Crippen molar-refractivity contribution in [1.29, 1.82) is 0 Å². The van der Waals surface area contributed by atoms with Crippen LogP contribution in [-0.4, -0.2) is 0 Å². The number of hydrogen-bond donors (Lipinski definition) is 0. The third kappa shape index (κ3) is 13.2. The van der Waals surface area contributed by atoms with Crippen LogP contribution in [0.1, 0.15) is 34.6 Å². The van der Waals surface area contributed by atoms with Crippen LogP contribution >= 0.6 is 8.19 Å². The molecule has 0 fully saturated rings. The maximum atomic E-state index is 3.44. The van der Waals surface area contributed by atoms with E-state index >= 15 is 0 Å². The van der Waals surface area contributed by atoms with E-state index < -0.39 is 0 Å². The van der Waals surface area contributed by atoms with Gasteiger partial charge in [-0.05, 0) is 0 Å². The molecule has 0 N–H and O–H groups in total. The van der Waals surface area contributed by atoms with E-state index in [9.17, 15) is 0 Å². The monoisotopic (exact) mass is 438 g/mol. The Morgan fingerprint density at radius 3 is 1.50 bits per heavy atom. The van der Waals surface area contributed by atoms with Crippen molar-refractivity contribution in [3.63, 3.8) is 0 Å². The molecule has 0 nitrogen and oxygen atoms in total. The Kier molecular flexibility index (Phi) is 39.0. The van der Waals surface area contributed by atoms with E-state index in [1.807, 2.05) is 12.1 Å². The Hall–Kier alpha value is 0.723. The molecule has 1 heterocycles. The molecule has 2 rings (SSSR count). The Balaban J connectivity index is -0.0000000338. The van der Waals surface area contributed by atoms with Gasteiger partial charge in [-0.25, -0.2) is 11.6 Å². The van der Waals surface area contributed by atoms with E-state index in [2.05, 4.69) is 52.3 Å². The van der Waals surface area contributed by atoms with Crippen molar-refractivity contribution in [2.24, 2.45) is 5.41 Å². The Morgan fingerprint density at radius 2 is 1.41 bits per heavy atom. The van der Waals surface area contributed by atoms with E-state index in [0.29, 0.717) is 0 Å². The molecule has 0 saturated heterocycles. The van der Waals surface area contributed by atoms with Crippen molar-refractivity contribution < 1.29 is 51.0 Å². The van der Waals surface area contributed by atoms with Crippen LogP contribution in [0.5, 0.6) is 0 Å². The minimum Gasteiger partial charge on any atom is -1.00 e. The van der Waals surface area contributed by atoms with Gasteiger partial charge in [0.25, 0.3) is 0 Å². The average Bonchev–Trinajstić information content (AvgIpc) is 2.76. The van der Waals surface area contributed by atoms with Crippen molar-refractivity contribution in [2.45, 2.75) is 34.6 Å². The molecule has 0 bridgehead atoms. The minimum absolute atomic E-state index is 0. The summed E-state index contributed by atoms with van der Waals surface area (Å²) in [5, 5.41) is 0. The molecule has 0 aromatic carbocycles. The summed E-state index contributed by atoms with van der Waals surface area (Å²) in [5.41, 5.74) is 4.39. The molecule has 0 amide bonds. The summed E-state index contributed by atoms with van der Waals surface area (Å²) in [6.07, 6.45) is 3.44. The third-order valence-electron chi connectivity index (χ3n) is 3.00. The van der Waals surface area contributed by atoms with Crippen LogP contribution in [-0.2, 0) is 26.2 Å². The summed E-state index contributed by atoms with van der Waals surface area (Å²) in [7, 11) is 0.823. The third-order valence-corrected chi connectivity index (χ3v) is 3.70. The molecule has 1 aromatic rings. The van der Waals surface area contributed by atoms with E-state index in [1.165, 1.54) is 16.7 Å². The molecular weight excluding hydrogens is 409 g/mol. The van der Waals surface area contributed by atoms with Gasteiger partial charge in [0.05, 0.1) is 0 Å². The predicted octanol–water partition coefficient (Wildman–Crippen LogP) is 0.437. The van der Waals surface area contributed by atoms with Crippen LogP contribution in [0.15, 0.2) is 34.7 Å². The zero-order chi connectivity index (χ0) is 11.5. The SMILES string of the molecule is CC1=[C-]C(C)(C)C(C)=C1C.[CH3-].[CH3-].[CH3-].[CH3-].[Cl-].[Cl-].[Zr+2].[c-]1ccc[pH]1. The van der Waals surface area contributed by atoms with E-state index in [1.54, 1.807) is 0 Å². The molecule has 132 valence electrons. The van der Waals surface area contributed by atoms with Gasteiger partial charge in [-0.3, -0.25) is 14.3 Å². The molecule has 1 aliphatic carbocycles. The Labute approximate surface area is 174 Å². The van der Waals surface area contributed by atoms with Crippen molar-refractivity contribution in [3.8, 4) is 0 Å². The second-order valence-corrected chi connectivity index (χ2v) is 5.35. The average molecular weight is 441 g/mol. The zero-order valence-electron chi connectivity index (χ0n) is 15.5. The number of hydrogen-bond acceptors (Lipinski definition) is 0. The molecule has 22 heavy (non-hydrogen) atoms. The Morgan fingerprint density at radius 1 is 0.955 bits per heavy atom. The molecule has 1 atom stereocenters. The van der Waals surface area contributed by atoms with Gasteiger partial charge in [-0.1, -0.05) is 33.1 Å². The first-order valence-corrected chi connectivity index (χ1v) is 6.32. The summed E-state index contributed by atoms with van der Waals surface area (Å²) < 4.78 is 0. The first kappa shape index (κ1) is 43.4. The summed E-state index contributed by atoms with van der Waals surface area (Å²) in [6.45, 7) is 10.9. The fraction of sp³-hybridized carbons (Fsp3) is 0.333. The van der Waals surface area contributed by atoms with Crippen LogP contribution in [0.4, 0.5) is 0 Å². The standard InChI is InChI=1S/C10H15.C4H4P.4CH3.2ClH.Zr/c1-7-6-10(4,5)9(3)8(7)2;1-2-4-5-3-1;;;;;;;/h1-5H3;1-3,5H;4*1H3;2*1H;/q6*-1;;;+2/p-2. The van der Waals surface area contributed by atoms with Gasteiger partial charge in [0.1, 0.15) is 0 Å². The molecular formula is C18H31Cl2PZr-6. The second-order valence-electron chi connectivity index (χ2n) is 4.44. The number of allylic oxidation sites excluding steroid dienone is 4. The quantitative estimate of drug-likeness (QED) is 0.514. The topological polar surface area (TPSA) is 0 Å². The normalized spacial score (nSPS) is 12.9. The van der Waals surface area contributed by atoms with E-state index in [-0.39, 0.29) is 86.1 Å². The van der Waals surface area contributed by atoms with Gasteiger partial charge in [-0.2, -0.15) is 28.8 Å². The van der Waals surface area contributed by atoms with Gasteiger partial charge in [0, 0.05) is 0 Å². The number of rotatable bonds is 0. The molecule has 0 radical (unpaired) electrons. The molecule has 0 saturated carbocycles. The van der Waals surface area contributed by atoms with Gasteiger partial charge in [-0.15, -0.1) is 6.92 Å². The van der Waals surface area contributed by atoms with Gasteiger partial charge >= 0.3 is 26.2 Å². The van der Waals surface area contributed by atoms with E-state index in [0.717, 1.165) is 8.19 Å². The fourth-order valence-corrected chi connectivity index (χ4v) is 2.13. The van der Waals surface area contributed by atoms with Crippen LogP contribution in [0.2, 0.25) is 0 Å². The number of halogens is 2. The molecule has 0 aliphatic heterocycles.